The van der Waals surface area contributed by atoms with Gasteiger partial charge in [0.15, 0.2) is 0 Å². The standard InChI is InChI=1S/C25H31ClN2O2/c1-17-8-9-21(14-18(17)2)15-24(29)28(16-20-10-12-22(26)13-11-20)19(3)25(30)27-23-6-4-5-7-23/h8-14,19,23H,4-7,15-16H2,1-3H3,(H,27,30)/t19-/m1/s1. The molecule has 1 atom stereocenters. The fourth-order valence-corrected chi connectivity index (χ4v) is 4.08. The van der Waals surface area contributed by atoms with Crippen LogP contribution >= 0.6 is 11.6 Å². The van der Waals surface area contributed by atoms with E-state index in [9.17, 15) is 9.59 Å². The Kier molecular flexibility index (Phi) is 7.54. The number of rotatable bonds is 7. The third-order valence-electron chi connectivity index (χ3n) is 6.06. The molecule has 2 amide bonds. The van der Waals surface area contributed by atoms with Crippen molar-refractivity contribution >= 4 is 23.4 Å². The quantitative estimate of drug-likeness (QED) is 0.679. The summed E-state index contributed by atoms with van der Waals surface area (Å²) in [7, 11) is 0. The maximum absolute atomic E-state index is 13.3. The van der Waals surface area contributed by atoms with Crippen LogP contribution in [0.2, 0.25) is 5.02 Å². The normalized spacial score (nSPS) is 15.1. The Bertz CT molecular complexity index is 889. The third-order valence-corrected chi connectivity index (χ3v) is 6.31. The Morgan fingerprint density at radius 3 is 2.30 bits per heavy atom. The van der Waals surface area contributed by atoms with Crippen molar-refractivity contribution in [3.05, 3.63) is 69.7 Å². The fourth-order valence-electron chi connectivity index (χ4n) is 3.95. The molecule has 0 heterocycles. The summed E-state index contributed by atoms with van der Waals surface area (Å²) in [5.74, 6) is -0.133. The lowest BCUT2D eigenvalue weighted by Gasteiger charge is -2.30. The molecule has 0 saturated heterocycles. The molecule has 0 radical (unpaired) electrons. The predicted molar refractivity (Wildman–Crippen MR) is 121 cm³/mol. The van der Waals surface area contributed by atoms with Gasteiger partial charge in [0.25, 0.3) is 0 Å². The number of nitrogens with zero attached hydrogens (tertiary/aromatic N) is 1. The number of nitrogens with one attached hydrogen (secondary N) is 1. The van der Waals surface area contributed by atoms with E-state index in [1.165, 1.54) is 5.56 Å². The lowest BCUT2D eigenvalue weighted by atomic mass is 10.0. The van der Waals surface area contributed by atoms with Gasteiger partial charge in [-0.05, 0) is 68.0 Å². The highest BCUT2D eigenvalue weighted by Gasteiger charge is 2.28. The molecule has 1 aliphatic rings. The van der Waals surface area contributed by atoms with Gasteiger partial charge in [-0.2, -0.15) is 0 Å². The van der Waals surface area contributed by atoms with E-state index in [1.54, 1.807) is 4.90 Å². The van der Waals surface area contributed by atoms with Gasteiger partial charge >= 0.3 is 0 Å². The Labute approximate surface area is 184 Å². The predicted octanol–water partition coefficient (Wildman–Crippen LogP) is 4.98. The van der Waals surface area contributed by atoms with Crippen LogP contribution in [0.3, 0.4) is 0 Å². The molecule has 3 rings (SSSR count). The molecule has 0 aliphatic heterocycles. The highest BCUT2D eigenvalue weighted by molar-refractivity contribution is 6.30. The van der Waals surface area contributed by atoms with Crippen molar-refractivity contribution in [2.75, 3.05) is 0 Å². The van der Waals surface area contributed by atoms with E-state index in [0.29, 0.717) is 11.6 Å². The SMILES string of the molecule is Cc1ccc(CC(=O)N(Cc2ccc(Cl)cc2)[C@H](C)C(=O)NC2CCCC2)cc1C. The highest BCUT2D eigenvalue weighted by atomic mass is 35.5. The second kappa shape index (κ2) is 10.1. The van der Waals surface area contributed by atoms with Crippen molar-refractivity contribution in [1.29, 1.82) is 0 Å². The molecule has 1 saturated carbocycles. The van der Waals surface area contributed by atoms with Crippen LogP contribution in [0.1, 0.15) is 54.9 Å². The largest absolute Gasteiger partial charge is 0.352 e. The number of halogens is 1. The van der Waals surface area contributed by atoms with Crippen molar-refractivity contribution in [2.24, 2.45) is 0 Å². The van der Waals surface area contributed by atoms with E-state index in [1.807, 2.05) is 50.2 Å². The lowest BCUT2D eigenvalue weighted by Crippen LogP contribution is -2.50. The summed E-state index contributed by atoms with van der Waals surface area (Å²) in [5.41, 5.74) is 4.28. The van der Waals surface area contributed by atoms with E-state index < -0.39 is 6.04 Å². The van der Waals surface area contributed by atoms with Gasteiger partial charge < -0.3 is 10.2 Å². The minimum Gasteiger partial charge on any atom is -0.352 e. The summed E-state index contributed by atoms with van der Waals surface area (Å²) in [6.45, 7) is 6.30. The molecule has 1 N–H and O–H groups in total. The van der Waals surface area contributed by atoms with Crippen LogP contribution < -0.4 is 5.32 Å². The number of carbonyl (C=O) groups is 2. The molecule has 5 heteroatoms. The minimum absolute atomic E-state index is 0.0534. The molecule has 0 aromatic heterocycles. The number of aryl methyl sites for hydroxylation is 2. The van der Waals surface area contributed by atoms with Crippen LogP contribution in [-0.4, -0.2) is 28.8 Å². The Morgan fingerprint density at radius 1 is 1.03 bits per heavy atom. The summed E-state index contributed by atoms with van der Waals surface area (Å²) in [5, 5.41) is 3.79. The first-order chi connectivity index (χ1) is 14.3. The van der Waals surface area contributed by atoms with Gasteiger partial charge in [-0.15, -0.1) is 0 Å². The van der Waals surface area contributed by atoms with Gasteiger partial charge in [0.2, 0.25) is 11.8 Å². The minimum atomic E-state index is -0.541. The van der Waals surface area contributed by atoms with E-state index in [0.717, 1.165) is 42.4 Å². The number of benzene rings is 2. The zero-order valence-electron chi connectivity index (χ0n) is 18.1. The van der Waals surface area contributed by atoms with E-state index in [2.05, 4.69) is 18.3 Å². The molecule has 0 bridgehead atoms. The molecule has 2 aromatic carbocycles. The molecular formula is C25H31ClN2O2. The van der Waals surface area contributed by atoms with E-state index >= 15 is 0 Å². The number of carbonyl (C=O) groups excluding carboxylic acids is 2. The average Bonchev–Trinajstić information content (AvgIpc) is 3.22. The Hall–Kier alpha value is -2.33. The molecule has 2 aromatic rings. The molecule has 1 fully saturated rings. The number of hydrogen-bond donors (Lipinski definition) is 1. The third kappa shape index (κ3) is 5.85. The van der Waals surface area contributed by atoms with Gasteiger partial charge in [-0.1, -0.05) is 54.8 Å². The smallest absolute Gasteiger partial charge is 0.242 e. The summed E-state index contributed by atoms with van der Waals surface area (Å²) in [6, 6.07) is 13.2. The Morgan fingerprint density at radius 2 is 1.67 bits per heavy atom. The van der Waals surface area contributed by atoms with Crippen molar-refractivity contribution < 1.29 is 9.59 Å². The van der Waals surface area contributed by atoms with Crippen molar-refractivity contribution in [3.63, 3.8) is 0 Å². The zero-order chi connectivity index (χ0) is 21.7. The molecule has 0 unspecified atom stereocenters. The summed E-state index contributed by atoms with van der Waals surface area (Å²) in [6.07, 6.45) is 4.62. The van der Waals surface area contributed by atoms with Crippen molar-refractivity contribution in [1.82, 2.24) is 10.2 Å². The molecular weight excluding hydrogens is 396 g/mol. The Balaban J connectivity index is 1.77. The summed E-state index contributed by atoms with van der Waals surface area (Å²) < 4.78 is 0. The van der Waals surface area contributed by atoms with Crippen LogP contribution in [0.15, 0.2) is 42.5 Å². The summed E-state index contributed by atoms with van der Waals surface area (Å²) >= 11 is 6.01. The molecule has 1 aliphatic carbocycles. The molecule has 30 heavy (non-hydrogen) atoms. The van der Waals surface area contributed by atoms with Gasteiger partial charge in [-0.25, -0.2) is 0 Å². The van der Waals surface area contributed by atoms with Crippen LogP contribution in [0.4, 0.5) is 0 Å². The number of hydrogen-bond acceptors (Lipinski definition) is 2. The van der Waals surface area contributed by atoms with E-state index in [4.69, 9.17) is 11.6 Å². The molecule has 4 nitrogen and oxygen atoms in total. The van der Waals surface area contributed by atoms with Crippen LogP contribution in [0.5, 0.6) is 0 Å². The van der Waals surface area contributed by atoms with Gasteiger partial charge in [0.05, 0.1) is 6.42 Å². The highest BCUT2D eigenvalue weighted by Crippen LogP contribution is 2.20. The average molecular weight is 427 g/mol. The first-order valence-electron chi connectivity index (χ1n) is 10.7. The second-order valence-electron chi connectivity index (χ2n) is 8.41. The topological polar surface area (TPSA) is 49.4 Å². The van der Waals surface area contributed by atoms with Crippen molar-refractivity contribution in [3.8, 4) is 0 Å². The lowest BCUT2D eigenvalue weighted by molar-refractivity contribution is -0.140. The van der Waals surface area contributed by atoms with Gasteiger partial charge in [-0.3, -0.25) is 9.59 Å². The van der Waals surface area contributed by atoms with Gasteiger partial charge in [0.1, 0.15) is 6.04 Å². The maximum Gasteiger partial charge on any atom is 0.242 e. The van der Waals surface area contributed by atoms with Crippen LogP contribution in [0.25, 0.3) is 0 Å². The van der Waals surface area contributed by atoms with Crippen molar-refractivity contribution in [2.45, 2.75) is 71.5 Å². The fraction of sp³-hybridized carbons (Fsp3) is 0.440. The van der Waals surface area contributed by atoms with Gasteiger partial charge in [0, 0.05) is 17.6 Å². The second-order valence-corrected chi connectivity index (χ2v) is 8.85. The zero-order valence-corrected chi connectivity index (χ0v) is 18.8. The maximum atomic E-state index is 13.3. The molecule has 160 valence electrons. The monoisotopic (exact) mass is 426 g/mol. The first-order valence-corrected chi connectivity index (χ1v) is 11.1. The molecule has 0 spiro atoms. The van der Waals surface area contributed by atoms with Crippen LogP contribution in [0, 0.1) is 13.8 Å². The summed E-state index contributed by atoms with van der Waals surface area (Å²) in [4.78, 5) is 27.9. The van der Waals surface area contributed by atoms with E-state index in [-0.39, 0.29) is 24.3 Å². The first kappa shape index (κ1) is 22.4. The number of amides is 2. The van der Waals surface area contributed by atoms with Crippen LogP contribution in [-0.2, 0) is 22.6 Å².